The number of carbonyl (C=O) groups is 2. The van der Waals surface area contributed by atoms with E-state index in [-0.39, 0.29) is 6.61 Å². The zero-order valence-electron chi connectivity index (χ0n) is 18.9. The van der Waals surface area contributed by atoms with Gasteiger partial charge < -0.3 is 14.5 Å². The summed E-state index contributed by atoms with van der Waals surface area (Å²) in [7, 11) is 0. The van der Waals surface area contributed by atoms with E-state index in [9.17, 15) is 22.8 Å². The number of ether oxygens (including phenoxy) is 1. The number of guanidine groups is 1. The number of hydrogen-bond acceptors (Lipinski definition) is 6. The van der Waals surface area contributed by atoms with Crippen LogP contribution in [0.15, 0.2) is 53.5 Å². The quantitative estimate of drug-likeness (QED) is 0.501. The minimum absolute atomic E-state index is 0.129. The van der Waals surface area contributed by atoms with E-state index in [1.54, 1.807) is 37.3 Å². The number of rotatable bonds is 4. The zero-order valence-corrected chi connectivity index (χ0v) is 19.6. The van der Waals surface area contributed by atoms with Crippen LogP contribution >= 0.6 is 11.6 Å². The monoisotopic (exact) mass is 508 g/mol. The average molecular weight is 509 g/mol. The fourth-order valence-electron chi connectivity index (χ4n) is 4.18. The van der Waals surface area contributed by atoms with Gasteiger partial charge in [0.1, 0.15) is 6.04 Å². The van der Waals surface area contributed by atoms with Gasteiger partial charge in [-0.3, -0.25) is 14.9 Å². The van der Waals surface area contributed by atoms with Gasteiger partial charge >= 0.3 is 12.1 Å². The Morgan fingerprint density at radius 2 is 1.77 bits per heavy atom. The average Bonchev–Trinajstić information content (AvgIpc) is 2.84. The summed E-state index contributed by atoms with van der Waals surface area (Å²) in [5.41, 5.74) is 0.426. The standard InChI is InChI=1S/C24H24ClF3N4O3/c1-2-35-22(34)19-20(15-6-8-17(25)9-7-15)29-23(30-21(19)33)32-12-10-31(11-13-32)18-5-3-4-16(14-18)24(26,27)28/h3-9,14,19-20H,2,10-13H2,1H3,(H,29,30,33)/t19-,20+/m1/s1. The normalized spacial score (nSPS) is 20.8. The van der Waals surface area contributed by atoms with E-state index in [1.165, 1.54) is 6.07 Å². The fraction of sp³-hybridized carbons (Fsp3) is 0.375. The molecule has 2 atom stereocenters. The van der Waals surface area contributed by atoms with Gasteiger partial charge in [0.25, 0.3) is 0 Å². The van der Waals surface area contributed by atoms with Crippen LogP contribution in [0.4, 0.5) is 18.9 Å². The minimum atomic E-state index is -4.41. The second kappa shape index (κ2) is 10.2. The molecule has 2 aromatic rings. The van der Waals surface area contributed by atoms with Crippen LogP contribution in [0.25, 0.3) is 0 Å². The van der Waals surface area contributed by atoms with Crippen molar-refractivity contribution in [2.24, 2.45) is 10.9 Å². The number of amides is 1. The number of nitrogens with zero attached hydrogens (tertiary/aromatic N) is 3. The Kier molecular flexibility index (Phi) is 7.20. The van der Waals surface area contributed by atoms with Gasteiger partial charge in [-0.1, -0.05) is 29.8 Å². The Morgan fingerprint density at radius 1 is 1.11 bits per heavy atom. The van der Waals surface area contributed by atoms with E-state index in [1.807, 2.05) is 9.80 Å². The van der Waals surface area contributed by atoms with Gasteiger partial charge in [-0.25, -0.2) is 4.99 Å². The summed E-state index contributed by atoms with van der Waals surface area (Å²) < 4.78 is 44.4. The Hall–Kier alpha value is -3.27. The maximum absolute atomic E-state index is 13.1. The largest absolute Gasteiger partial charge is 0.465 e. The highest BCUT2D eigenvalue weighted by molar-refractivity contribution is 6.30. The van der Waals surface area contributed by atoms with Crippen molar-refractivity contribution in [2.45, 2.75) is 19.1 Å². The molecule has 2 aliphatic rings. The number of aliphatic imine (C=N–C) groups is 1. The van der Waals surface area contributed by atoms with E-state index in [4.69, 9.17) is 16.3 Å². The lowest BCUT2D eigenvalue weighted by molar-refractivity contribution is -0.153. The van der Waals surface area contributed by atoms with E-state index in [0.717, 1.165) is 12.1 Å². The third-order valence-electron chi connectivity index (χ3n) is 5.96. The molecule has 186 valence electrons. The molecule has 0 aromatic heterocycles. The predicted molar refractivity (Wildman–Crippen MR) is 125 cm³/mol. The summed E-state index contributed by atoms with van der Waals surface area (Å²) in [5, 5.41) is 3.22. The number of anilines is 1. The predicted octanol–water partition coefficient (Wildman–Crippen LogP) is 3.89. The van der Waals surface area contributed by atoms with Crippen molar-refractivity contribution in [1.29, 1.82) is 0 Å². The Morgan fingerprint density at radius 3 is 2.40 bits per heavy atom. The molecule has 11 heteroatoms. The molecule has 0 radical (unpaired) electrons. The first-order chi connectivity index (χ1) is 16.7. The van der Waals surface area contributed by atoms with Gasteiger partial charge in [-0.05, 0) is 42.8 Å². The second-order valence-corrected chi connectivity index (χ2v) is 8.63. The van der Waals surface area contributed by atoms with Crippen LogP contribution in [-0.4, -0.2) is 55.5 Å². The molecule has 0 aliphatic carbocycles. The lowest BCUT2D eigenvalue weighted by Gasteiger charge is -2.39. The molecular weight excluding hydrogens is 485 g/mol. The molecule has 0 bridgehead atoms. The maximum Gasteiger partial charge on any atom is 0.416 e. The molecule has 35 heavy (non-hydrogen) atoms. The van der Waals surface area contributed by atoms with Crippen molar-refractivity contribution in [3.63, 3.8) is 0 Å². The molecule has 2 aliphatic heterocycles. The van der Waals surface area contributed by atoms with Gasteiger partial charge in [0.15, 0.2) is 5.92 Å². The van der Waals surface area contributed by atoms with Gasteiger partial charge in [0.2, 0.25) is 11.9 Å². The van der Waals surface area contributed by atoms with E-state index in [2.05, 4.69) is 10.3 Å². The molecular formula is C24H24ClF3N4O3. The summed E-state index contributed by atoms with van der Waals surface area (Å²) in [6.07, 6.45) is -4.41. The molecule has 1 N–H and O–H groups in total. The summed E-state index contributed by atoms with van der Waals surface area (Å²) in [6, 6.07) is 11.2. The van der Waals surface area contributed by atoms with Crippen LogP contribution in [0.2, 0.25) is 5.02 Å². The third kappa shape index (κ3) is 5.53. The minimum Gasteiger partial charge on any atom is -0.465 e. The molecule has 1 fully saturated rings. The first-order valence-electron chi connectivity index (χ1n) is 11.2. The molecule has 1 saturated heterocycles. The number of nitrogens with one attached hydrogen (secondary N) is 1. The van der Waals surface area contributed by atoms with E-state index >= 15 is 0 Å². The number of benzene rings is 2. The van der Waals surface area contributed by atoms with Gasteiger partial charge in [0.05, 0.1) is 12.2 Å². The number of halogens is 4. The Labute approximate surface area is 205 Å². The zero-order chi connectivity index (χ0) is 25.2. The van der Waals surface area contributed by atoms with Crippen LogP contribution in [0.5, 0.6) is 0 Å². The van der Waals surface area contributed by atoms with E-state index in [0.29, 0.717) is 48.4 Å². The van der Waals surface area contributed by atoms with Crippen molar-refractivity contribution >= 4 is 35.1 Å². The summed E-state index contributed by atoms with van der Waals surface area (Å²) >= 11 is 6.00. The summed E-state index contributed by atoms with van der Waals surface area (Å²) in [4.78, 5) is 33.9. The number of esters is 1. The SMILES string of the molecule is CCOC(=O)[C@H]1C(=O)NC(N2CCN(c3cccc(C(F)(F)F)c3)CC2)=N[C@H]1c1ccc(Cl)cc1. The van der Waals surface area contributed by atoms with Crippen molar-refractivity contribution in [2.75, 3.05) is 37.7 Å². The van der Waals surface area contributed by atoms with Crippen molar-refractivity contribution in [1.82, 2.24) is 10.2 Å². The highest BCUT2D eigenvalue weighted by atomic mass is 35.5. The number of piperazine rings is 1. The molecule has 2 heterocycles. The molecule has 2 aromatic carbocycles. The van der Waals surface area contributed by atoms with Gasteiger partial charge in [-0.2, -0.15) is 13.2 Å². The maximum atomic E-state index is 13.1. The van der Waals surface area contributed by atoms with Crippen LogP contribution < -0.4 is 10.2 Å². The van der Waals surface area contributed by atoms with Crippen LogP contribution in [0.1, 0.15) is 24.1 Å². The van der Waals surface area contributed by atoms with E-state index < -0.39 is 35.6 Å². The number of carbonyl (C=O) groups excluding carboxylic acids is 2. The van der Waals surface area contributed by atoms with Crippen molar-refractivity contribution in [3.05, 3.63) is 64.7 Å². The number of alkyl halides is 3. The van der Waals surface area contributed by atoms with Crippen molar-refractivity contribution in [3.8, 4) is 0 Å². The second-order valence-electron chi connectivity index (χ2n) is 8.19. The molecule has 0 saturated carbocycles. The summed E-state index contributed by atoms with van der Waals surface area (Å²) in [6.45, 7) is 3.50. The van der Waals surface area contributed by atoms with Crippen molar-refractivity contribution < 1.29 is 27.5 Å². The fourth-order valence-corrected chi connectivity index (χ4v) is 4.31. The smallest absolute Gasteiger partial charge is 0.416 e. The highest BCUT2D eigenvalue weighted by Gasteiger charge is 2.42. The lowest BCUT2D eigenvalue weighted by atomic mass is 9.91. The van der Waals surface area contributed by atoms with Crippen LogP contribution in [0, 0.1) is 5.92 Å². The molecule has 0 spiro atoms. The molecule has 4 rings (SSSR count). The Bertz CT molecular complexity index is 1120. The van der Waals surface area contributed by atoms with Crippen LogP contribution in [0.3, 0.4) is 0 Å². The highest BCUT2D eigenvalue weighted by Crippen LogP contribution is 2.33. The molecule has 7 nitrogen and oxygen atoms in total. The Balaban J connectivity index is 1.54. The molecule has 0 unspecified atom stereocenters. The lowest BCUT2D eigenvalue weighted by Crippen LogP contribution is -2.57. The topological polar surface area (TPSA) is 74.2 Å². The van der Waals surface area contributed by atoms with Crippen LogP contribution in [-0.2, 0) is 20.5 Å². The third-order valence-corrected chi connectivity index (χ3v) is 6.22. The first-order valence-corrected chi connectivity index (χ1v) is 11.5. The van der Waals surface area contributed by atoms with Gasteiger partial charge in [0, 0.05) is 36.9 Å². The summed E-state index contributed by atoms with van der Waals surface area (Å²) in [5.74, 6) is -2.01. The van der Waals surface area contributed by atoms with Gasteiger partial charge in [-0.15, -0.1) is 0 Å². The number of hydrogen-bond donors (Lipinski definition) is 1. The first kappa shape index (κ1) is 24.8. The molecule has 1 amide bonds.